The first kappa shape index (κ1) is 10.2. The van der Waals surface area contributed by atoms with Gasteiger partial charge in [0.2, 0.25) is 0 Å². The van der Waals surface area contributed by atoms with Gasteiger partial charge >= 0.3 is 5.97 Å². The van der Waals surface area contributed by atoms with Gasteiger partial charge in [0, 0.05) is 6.42 Å². The predicted octanol–water partition coefficient (Wildman–Crippen LogP) is 2.81. The maximum Gasteiger partial charge on any atom is 0.338 e. The van der Waals surface area contributed by atoms with Crippen LogP contribution in [0, 0.1) is 5.41 Å². The lowest BCUT2D eigenvalue weighted by molar-refractivity contribution is -0.00779. The first-order valence-corrected chi connectivity index (χ1v) is 5.27. The minimum atomic E-state index is -0.184. The molecule has 0 spiro atoms. The maximum atomic E-state index is 11.7. The zero-order valence-electron chi connectivity index (χ0n) is 9.41. The Hall–Kier alpha value is -1.31. The third-order valence-corrected chi connectivity index (χ3v) is 2.86. The molecule has 2 heteroatoms. The van der Waals surface area contributed by atoms with E-state index in [1.165, 1.54) is 0 Å². The van der Waals surface area contributed by atoms with Crippen molar-refractivity contribution >= 4 is 5.97 Å². The van der Waals surface area contributed by atoms with Gasteiger partial charge in [0.15, 0.2) is 0 Å². The number of hydrogen-bond donors (Lipinski definition) is 0. The van der Waals surface area contributed by atoms with Crippen LogP contribution in [0.25, 0.3) is 0 Å². The summed E-state index contributed by atoms with van der Waals surface area (Å²) < 4.78 is 5.44. The number of hydrogen-bond acceptors (Lipinski definition) is 2. The van der Waals surface area contributed by atoms with Gasteiger partial charge in [-0.25, -0.2) is 4.79 Å². The van der Waals surface area contributed by atoms with E-state index in [1.54, 1.807) is 0 Å². The number of cyclic esters (lactones) is 1. The summed E-state index contributed by atoms with van der Waals surface area (Å²) in [5, 5.41) is 0. The fraction of sp³-hybridized carbons (Fsp3) is 0.462. The van der Waals surface area contributed by atoms with Gasteiger partial charge in [-0.05, 0) is 17.0 Å². The highest BCUT2D eigenvalue weighted by Gasteiger charge is 2.33. The SMILES string of the molecule is CC(C)(C)C1Cc2ccccc2C(=O)O1. The second kappa shape index (κ2) is 3.37. The van der Waals surface area contributed by atoms with E-state index >= 15 is 0 Å². The lowest BCUT2D eigenvalue weighted by atomic mass is 9.83. The molecule has 0 saturated heterocycles. The average Bonchev–Trinajstić information content (AvgIpc) is 2.16. The number of benzene rings is 1. The number of esters is 1. The molecule has 1 aromatic rings. The minimum Gasteiger partial charge on any atom is -0.458 e. The van der Waals surface area contributed by atoms with E-state index in [-0.39, 0.29) is 17.5 Å². The van der Waals surface area contributed by atoms with Crippen molar-refractivity contribution in [1.29, 1.82) is 0 Å². The normalized spacial score (nSPS) is 20.7. The van der Waals surface area contributed by atoms with Crippen molar-refractivity contribution in [2.24, 2.45) is 5.41 Å². The number of rotatable bonds is 0. The Morgan fingerprint density at radius 2 is 1.93 bits per heavy atom. The molecule has 0 aliphatic carbocycles. The van der Waals surface area contributed by atoms with Crippen molar-refractivity contribution in [2.45, 2.75) is 33.3 Å². The molecule has 0 fully saturated rings. The molecule has 1 aliphatic rings. The molecule has 1 aromatic carbocycles. The number of ether oxygens (including phenoxy) is 1. The highest BCUT2D eigenvalue weighted by molar-refractivity contribution is 5.92. The molecule has 2 rings (SSSR count). The van der Waals surface area contributed by atoms with Crippen LogP contribution in [0.3, 0.4) is 0 Å². The monoisotopic (exact) mass is 204 g/mol. The first-order chi connectivity index (χ1) is 6.98. The Bertz CT molecular complexity index is 388. The van der Waals surface area contributed by atoms with Crippen molar-refractivity contribution in [3.8, 4) is 0 Å². The second-order valence-corrected chi connectivity index (χ2v) is 5.12. The zero-order chi connectivity index (χ0) is 11.1. The van der Waals surface area contributed by atoms with Gasteiger partial charge in [0.1, 0.15) is 6.10 Å². The lowest BCUT2D eigenvalue weighted by Gasteiger charge is -2.34. The number of carbonyl (C=O) groups is 1. The van der Waals surface area contributed by atoms with Crippen molar-refractivity contribution in [1.82, 2.24) is 0 Å². The first-order valence-electron chi connectivity index (χ1n) is 5.27. The molecule has 1 aliphatic heterocycles. The molecule has 15 heavy (non-hydrogen) atoms. The summed E-state index contributed by atoms with van der Waals surface area (Å²) in [7, 11) is 0. The molecule has 0 bridgehead atoms. The Kier molecular flexibility index (Phi) is 2.29. The molecular weight excluding hydrogens is 188 g/mol. The van der Waals surface area contributed by atoms with Crippen LogP contribution in [0.2, 0.25) is 0 Å². The molecule has 0 aromatic heterocycles. The molecule has 0 amide bonds. The quantitative estimate of drug-likeness (QED) is 0.607. The van der Waals surface area contributed by atoms with Gasteiger partial charge in [-0.15, -0.1) is 0 Å². The van der Waals surface area contributed by atoms with Gasteiger partial charge in [-0.3, -0.25) is 0 Å². The van der Waals surface area contributed by atoms with E-state index in [0.717, 1.165) is 17.5 Å². The third-order valence-electron chi connectivity index (χ3n) is 2.86. The fourth-order valence-corrected chi connectivity index (χ4v) is 1.81. The Morgan fingerprint density at radius 1 is 1.27 bits per heavy atom. The Labute approximate surface area is 90.3 Å². The molecular formula is C13H16O2. The van der Waals surface area contributed by atoms with Crippen LogP contribution >= 0.6 is 0 Å². The highest BCUT2D eigenvalue weighted by Crippen LogP contribution is 2.31. The lowest BCUT2D eigenvalue weighted by Crippen LogP contribution is -2.37. The van der Waals surface area contributed by atoms with Crippen molar-refractivity contribution in [3.63, 3.8) is 0 Å². The van der Waals surface area contributed by atoms with Gasteiger partial charge in [0.25, 0.3) is 0 Å². The van der Waals surface area contributed by atoms with Crippen molar-refractivity contribution < 1.29 is 9.53 Å². The third kappa shape index (κ3) is 1.89. The topological polar surface area (TPSA) is 26.3 Å². The van der Waals surface area contributed by atoms with Crippen LogP contribution in [0.15, 0.2) is 24.3 Å². The van der Waals surface area contributed by atoms with E-state index in [1.807, 2.05) is 24.3 Å². The molecule has 1 unspecified atom stereocenters. The summed E-state index contributed by atoms with van der Waals surface area (Å²) in [6.07, 6.45) is 0.811. The molecule has 1 heterocycles. The van der Waals surface area contributed by atoms with Crippen LogP contribution in [0.4, 0.5) is 0 Å². The second-order valence-electron chi connectivity index (χ2n) is 5.12. The Morgan fingerprint density at radius 3 is 2.60 bits per heavy atom. The summed E-state index contributed by atoms with van der Waals surface area (Å²) in [6, 6.07) is 7.68. The van der Waals surface area contributed by atoms with Gasteiger partial charge in [-0.2, -0.15) is 0 Å². The minimum absolute atomic E-state index is 0.00317. The van der Waals surface area contributed by atoms with Crippen LogP contribution in [-0.4, -0.2) is 12.1 Å². The summed E-state index contributed by atoms with van der Waals surface area (Å²) in [5.74, 6) is -0.184. The van der Waals surface area contributed by atoms with Crippen LogP contribution in [-0.2, 0) is 11.2 Å². The Balaban J connectivity index is 2.35. The van der Waals surface area contributed by atoms with E-state index in [0.29, 0.717) is 0 Å². The highest BCUT2D eigenvalue weighted by atomic mass is 16.5. The standard InChI is InChI=1S/C13H16O2/c1-13(2,3)11-8-9-6-4-5-7-10(9)12(14)15-11/h4-7,11H,8H2,1-3H3. The summed E-state index contributed by atoms with van der Waals surface area (Å²) >= 11 is 0. The molecule has 0 radical (unpaired) electrons. The van der Waals surface area contributed by atoms with Crippen LogP contribution < -0.4 is 0 Å². The largest absolute Gasteiger partial charge is 0.458 e. The van der Waals surface area contributed by atoms with E-state index in [9.17, 15) is 4.79 Å². The summed E-state index contributed by atoms with van der Waals surface area (Å²) in [4.78, 5) is 11.7. The predicted molar refractivity (Wildman–Crippen MR) is 58.8 cm³/mol. The number of fused-ring (bicyclic) bond motifs is 1. The molecule has 0 N–H and O–H groups in total. The summed E-state index contributed by atoms with van der Waals surface area (Å²) in [5.41, 5.74) is 1.83. The van der Waals surface area contributed by atoms with E-state index < -0.39 is 0 Å². The van der Waals surface area contributed by atoms with Crippen molar-refractivity contribution in [2.75, 3.05) is 0 Å². The van der Waals surface area contributed by atoms with Gasteiger partial charge < -0.3 is 4.74 Å². The summed E-state index contributed by atoms with van der Waals surface area (Å²) in [6.45, 7) is 6.29. The van der Waals surface area contributed by atoms with Gasteiger partial charge in [-0.1, -0.05) is 39.0 Å². The molecule has 0 saturated carbocycles. The van der Waals surface area contributed by atoms with E-state index in [4.69, 9.17) is 4.74 Å². The number of carbonyl (C=O) groups excluding carboxylic acids is 1. The van der Waals surface area contributed by atoms with Crippen molar-refractivity contribution in [3.05, 3.63) is 35.4 Å². The zero-order valence-corrected chi connectivity index (χ0v) is 9.41. The smallest absolute Gasteiger partial charge is 0.338 e. The average molecular weight is 204 g/mol. The van der Waals surface area contributed by atoms with Crippen LogP contribution in [0.5, 0.6) is 0 Å². The molecule has 1 atom stereocenters. The fourth-order valence-electron chi connectivity index (χ4n) is 1.81. The van der Waals surface area contributed by atoms with Gasteiger partial charge in [0.05, 0.1) is 5.56 Å². The molecule has 2 nitrogen and oxygen atoms in total. The van der Waals surface area contributed by atoms with E-state index in [2.05, 4.69) is 20.8 Å². The maximum absolute atomic E-state index is 11.7. The van der Waals surface area contributed by atoms with Crippen LogP contribution in [0.1, 0.15) is 36.7 Å². The molecule has 80 valence electrons.